The van der Waals surface area contributed by atoms with Crippen LogP contribution in [-0.2, 0) is 4.79 Å². The molecular weight excluding hydrogens is 196 g/mol. The third-order valence-corrected chi connectivity index (χ3v) is 1.63. The normalized spacial score (nSPS) is 13.6. The van der Waals surface area contributed by atoms with Gasteiger partial charge in [0.05, 0.1) is 0 Å². The fourth-order valence-electron chi connectivity index (χ4n) is 0.864. The van der Waals surface area contributed by atoms with Gasteiger partial charge >= 0.3 is 11.9 Å². The number of carbonyl (C=O) groups is 1. The molecule has 0 amide bonds. The molecular formula is C8H7F2NO3. The highest BCUT2D eigenvalue weighted by atomic mass is 19.3. The van der Waals surface area contributed by atoms with Gasteiger partial charge in [0.25, 0.3) is 0 Å². The summed E-state index contributed by atoms with van der Waals surface area (Å²) >= 11 is 0. The minimum absolute atomic E-state index is 0.236. The summed E-state index contributed by atoms with van der Waals surface area (Å²) in [4.78, 5) is 13.6. The van der Waals surface area contributed by atoms with Crippen molar-refractivity contribution in [3.63, 3.8) is 0 Å². The van der Waals surface area contributed by atoms with Crippen LogP contribution in [0.4, 0.5) is 8.78 Å². The molecule has 14 heavy (non-hydrogen) atoms. The number of hydrogen-bond donors (Lipinski definition) is 2. The molecule has 1 aromatic rings. The smallest absolute Gasteiger partial charge is 0.377 e. The lowest BCUT2D eigenvalue weighted by molar-refractivity contribution is -0.182. The van der Waals surface area contributed by atoms with Crippen molar-refractivity contribution in [2.75, 3.05) is 0 Å². The third kappa shape index (κ3) is 1.85. The summed E-state index contributed by atoms with van der Waals surface area (Å²) in [5, 5.41) is 17.2. The van der Waals surface area contributed by atoms with Crippen LogP contribution in [0.5, 0.6) is 0 Å². The minimum Gasteiger partial charge on any atom is -0.477 e. The Morgan fingerprint density at radius 1 is 1.57 bits per heavy atom. The lowest BCUT2D eigenvalue weighted by Crippen LogP contribution is -2.35. The first-order valence-corrected chi connectivity index (χ1v) is 3.65. The molecule has 0 unspecified atom stereocenters. The van der Waals surface area contributed by atoms with Gasteiger partial charge in [0.1, 0.15) is 0 Å². The topological polar surface area (TPSA) is 70.4 Å². The summed E-state index contributed by atoms with van der Waals surface area (Å²) in [7, 11) is 0. The first-order valence-electron chi connectivity index (χ1n) is 3.65. The van der Waals surface area contributed by atoms with E-state index in [2.05, 4.69) is 4.98 Å². The zero-order valence-electron chi connectivity index (χ0n) is 6.89. The fourth-order valence-corrected chi connectivity index (χ4v) is 0.864. The molecule has 6 heteroatoms. The van der Waals surface area contributed by atoms with Crippen LogP contribution < -0.4 is 0 Å². The highest BCUT2D eigenvalue weighted by Gasteiger charge is 2.47. The Morgan fingerprint density at radius 2 is 2.21 bits per heavy atom. The van der Waals surface area contributed by atoms with Crippen molar-refractivity contribution in [2.24, 2.45) is 0 Å². The number of aliphatic carboxylic acids is 1. The lowest BCUT2D eigenvalue weighted by Gasteiger charge is -2.17. The van der Waals surface area contributed by atoms with Crippen LogP contribution in [0.15, 0.2) is 24.5 Å². The molecule has 0 spiro atoms. The lowest BCUT2D eigenvalue weighted by atomic mass is 10.1. The van der Waals surface area contributed by atoms with E-state index in [-0.39, 0.29) is 5.56 Å². The molecule has 1 heterocycles. The number of hydrogen-bond acceptors (Lipinski definition) is 3. The molecule has 76 valence electrons. The highest BCUT2D eigenvalue weighted by molar-refractivity contribution is 5.76. The first-order chi connectivity index (χ1) is 6.46. The average molecular weight is 203 g/mol. The highest BCUT2D eigenvalue weighted by Crippen LogP contribution is 2.30. The number of carboxylic acids is 1. The first kappa shape index (κ1) is 10.5. The molecule has 0 saturated heterocycles. The minimum atomic E-state index is -4.21. The Kier molecular flexibility index (Phi) is 2.76. The molecule has 2 N–H and O–H groups in total. The van der Waals surface area contributed by atoms with Gasteiger partial charge in [0.15, 0.2) is 6.10 Å². The van der Waals surface area contributed by atoms with Crippen molar-refractivity contribution < 1.29 is 23.8 Å². The second-order valence-corrected chi connectivity index (χ2v) is 2.62. The van der Waals surface area contributed by atoms with Gasteiger partial charge in [-0.1, -0.05) is 6.07 Å². The van der Waals surface area contributed by atoms with Gasteiger partial charge in [-0.15, -0.1) is 0 Å². The zero-order chi connectivity index (χ0) is 10.8. The molecule has 0 aromatic carbocycles. The van der Waals surface area contributed by atoms with E-state index in [4.69, 9.17) is 10.2 Å². The van der Waals surface area contributed by atoms with E-state index in [1.54, 1.807) is 0 Å². The van der Waals surface area contributed by atoms with Crippen LogP contribution in [-0.4, -0.2) is 27.1 Å². The van der Waals surface area contributed by atoms with Gasteiger partial charge < -0.3 is 10.2 Å². The van der Waals surface area contributed by atoms with Crippen molar-refractivity contribution in [1.82, 2.24) is 4.98 Å². The number of rotatable bonds is 3. The molecule has 0 bridgehead atoms. The maximum atomic E-state index is 12.7. The number of alkyl halides is 2. The molecule has 0 saturated carbocycles. The number of halogens is 2. The Hall–Kier alpha value is -1.56. The van der Waals surface area contributed by atoms with E-state index in [1.165, 1.54) is 18.3 Å². The second-order valence-electron chi connectivity index (χ2n) is 2.62. The Bertz CT molecular complexity index is 329. The predicted molar refractivity (Wildman–Crippen MR) is 41.8 cm³/mol. The zero-order valence-corrected chi connectivity index (χ0v) is 6.89. The van der Waals surface area contributed by atoms with Crippen molar-refractivity contribution in [3.05, 3.63) is 30.1 Å². The molecule has 1 rings (SSSR count). The van der Waals surface area contributed by atoms with Gasteiger partial charge in [-0.25, -0.2) is 4.79 Å². The summed E-state index contributed by atoms with van der Waals surface area (Å²) in [5.41, 5.74) is -0.236. The number of pyridine rings is 1. The molecule has 1 atom stereocenters. The van der Waals surface area contributed by atoms with Crippen molar-refractivity contribution >= 4 is 5.97 Å². The maximum absolute atomic E-state index is 12.7. The van der Waals surface area contributed by atoms with Gasteiger partial charge in [0.2, 0.25) is 0 Å². The molecule has 0 aliphatic carbocycles. The Morgan fingerprint density at radius 3 is 2.64 bits per heavy atom. The van der Waals surface area contributed by atoms with Crippen LogP contribution in [0.1, 0.15) is 11.7 Å². The summed E-state index contributed by atoms with van der Waals surface area (Å²) in [5.74, 6) is -6.57. The molecule has 0 aliphatic rings. The maximum Gasteiger partial charge on any atom is 0.377 e. The van der Waals surface area contributed by atoms with E-state index >= 15 is 0 Å². The van der Waals surface area contributed by atoms with Crippen LogP contribution in [0.2, 0.25) is 0 Å². The van der Waals surface area contributed by atoms with Crippen LogP contribution >= 0.6 is 0 Å². The average Bonchev–Trinajstić information content (AvgIpc) is 2.17. The summed E-state index contributed by atoms with van der Waals surface area (Å²) in [6.07, 6.45) is -0.0647. The Labute approximate surface area is 77.8 Å². The molecule has 0 aliphatic heterocycles. The standard InChI is InChI=1S/C8H7F2NO3/c9-8(10,7(13)14)6(12)5-2-1-3-11-4-5/h1-4,6,12H,(H,13,14)/t6-/m1/s1. The fraction of sp³-hybridized carbons (Fsp3) is 0.250. The number of aliphatic hydroxyl groups excluding tert-OH is 1. The van der Waals surface area contributed by atoms with Gasteiger partial charge in [-0.05, 0) is 6.07 Å². The molecule has 1 aromatic heterocycles. The van der Waals surface area contributed by atoms with Gasteiger partial charge in [0, 0.05) is 18.0 Å². The van der Waals surface area contributed by atoms with E-state index in [1.807, 2.05) is 0 Å². The van der Waals surface area contributed by atoms with Crippen LogP contribution in [0.3, 0.4) is 0 Å². The van der Waals surface area contributed by atoms with E-state index in [0.717, 1.165) is 6.20 Å². The monoisotopic (exact) mass is 203 g/mol. The predicted octanol–water partition coefficient (Wildman–Crippen LogP) is 0.835. The van der Waals surface area contributed by atoms with E-state index in [9.17, 15) is 13.6 Å². The third-order valence-electron chi connectivity index (χ3n) is 1.63. The number of carboxylic acid groups (broad SMARTS) is 1. The van der Waals surface area contributed by atoms with Gasteiger partial charge in [-0.3, -0.25) is 4.98 Å². The van der Waals surface area contributed by atoms with Crippen LogP contribution in [0.25, 0.3) is 0 Å². The number of aromatic nitrogens is 1. The SMILES string of the molecule is O=C(O)C(F)(F)[C@H](O)c1cccnc1. The number of nitrogens with zero attached hydrogens (tertiary/aromatic N) is 1. The number of aliphatic hydroxyl groups is 1. The van der Waals surface area contributed by atoms with Crippen LogP contribution in [0, 0.1) is 0 Å². The van der Waals surface area contributed by atoms with Crippen molar-refractivity contribution in [3.8, 4) is 0 Å². The summed E-state index contributed by atoms with van der Waals surface area (Å²) in [6, 6.07) is 2.50. The van der Waals surface area contributed by atoms with E-state index in [0.29, 0.717) is 0 Å². The molecule has 0 radical (unpaired) electrons. The quantitative estimate of drug-likeness (QED) is 0.763. The Balaban J connectivity index is 2.96. The van der Waals surface area contributed by atoms with Crippen molar-refractivity contribution in [2.45, 2.75) is 12.0 Å². The van der Waals surface area contributed by atoms with E-state index < -0.39 is 18.0 Å². The molecule has 4 nitrogen and oxygen atoms in total. The summed E-state index contributed by atoms with van der Waals surface area (Å²) in [6.45, 7) is 0. The second kappa shape index (κ2) is 3.67. The van der Waals surface area contributed by atoms with Crippen molar-refractivity contribution in [1.29, 1.82) is 0 Å². The van der Waals surface area contributed by atoms with Gasteiger partial charge in [-0.2, -0.15) is 8.78 Å². The summed E-state index contributed by atoms with van der Waals surface area (Å²) < 4.78 is 25.5. The molecule has 0 fully saturated rings. The largest absolute Gasteiger partial charge is 0.477 e.